The van der Waals surface area contributed by atoms with Crippen LogP contribution in [0.3, 0.4) is 0 Å². The first-order valence-corrected chi connectivity index (χ1v) is 7.42. The fraction of sp³-hybridized carbons (Fsp3) is 0.733. The Balaban J connectivity index is 3.28. The van der Waals surface area contributed by atoms with Gasteiger partial charge in [0.1, 0.15) is 0 Å². The predicted molar refractivity (Wildman–Crippen MR) is 82.9 cm³/mol. The summed E-state index contributed by atoms with van der Waals surface area (Å²) in [6.07, 6.45) is 1.76. The van der Waals surface area contributed by atoms with E-state index in [1.54, 1.807) is 13.8 Å². The van der Waals surface area contributed by atoms with E-state index >= 15 is 0 Å². The molecule has 5 nitrogen and oxygen atoms in total. The van der Waals surface area contributed by atoms with E-state index in [0.29, 0.717) is 13.1 Å². The third-order valence-electron chi connectivity index (χ3n) is 3.40. The van der Waals surface area contributed by atoms with Crippen LogP contribution in [0.1, 0.15) is 51.4 Å². The Kier molecular flexibility index (Phi) is 5.89. The Morgan fingerprint density at radius 2 is 1.75 bits per heavy atom. The highest BCUT2D eigenvalue weighted by Gasteiger charge is 2.22. The third kappa shape index (κ3) is 3.90. The molecule has 0 aliphatic heterocycles. The standard InChI is InChI=1S/C15H28N4O/c1-6-11-12(9-16)14(18-17-13(11)7-2)19(8-3)10-15(4,5)20/h20H,6-10,16H2,1-5H3. The van der Waals surface area contributed by atoms with E-state index in [1.807, 2.05) is 11.8 Å². The molecule has 1 rings (SSSR count). The first-order valence-electron chi connectivity index (χ1n) is 7.42. The number of hydrogen-bond acceptors (Lipinski definition) is 5. The minimum absolute atomic E-state index is 0.448. The van der Waals surface area contributed by atoms with Crippen molar-refractivity contribution >= 4 is 5.82 Å². The highest BCUT2D eigenvalue weighted by atomic mass is 16.3. The fourth-order valence-electron chi connectivity index (χ4n) is 2.51. The lowest BCUT2D eigenvalue weighted by Gasteiger charge is -2.30. The maximum absolute atomic E-state index is 10.1. The van der Waals surface area contributed by atoms with E-state index in [2.05, 4.69) is 24.0 Å². The first-order chi connectivity index (χ1) is 9.37. The van der Waals surface area contributed by atoms with E-state index in [-0.39, 0.29) is 0 Å². The van der Waals surface area contributed by atoms with Crippen molar-refractivity contribution in [1.82, 2.24) is 10.2 Å². The topological polar surface area (TPSA) is 75.3 Å². The van der Waals surface area contributed by atoms with Gasteiger partial charge in [0, 0.05) is 25.2 Å². The molecule has 114 valence electrons. The lowest BCUT2D eigenvalue weighted by atomic mass is 10.0. The number of nitrogens with zero attached hydrogens (tertiary/aromatic N) is 3. The van der Waals surface area contributed by atoms with Crippen LogP contribution < -0.4 is 10.6 Å². The van der Waals surface area contributed by atoms with Crippen LogP contribution in [0, 0.1) is 0 Å². The van der Waals surface area contributed by atoms with Crippen LogP contribution in [0.4, 0.5) is 5.82 Å². The average Bonchev–Trinajstić information content (AvgIpc) is 2.41. The zero-order chi connectivity index (χ0) is 15.3. The van der Waals surface area contributed by atoms with E-state index in [1.165, 1.54) is 5.56 Å². The number of likely N-dealkylation sites (N-methyl/N-ethyl adjacent to an activating group) is 1. The molecule has 0 aromatic carbocycles. The normalized spacial score (nSPS) is 11.8. The van der Waals surface area contributed by atoms with Gasteiger partial charge in [-0.1, -0.05) is 13.8 Å². The van der Waals surface area contributed by atoms with Crippen LogP contribution in [-0.4, -0.2) is 34.0 Å². The summed E-state index contributed by atoms with van der Waals surface area (Å²) in [7, 11) is 0. The molecule has 20 heavy (non-hydrogen) atoms. The van der Waals surface area contributed by atoms with Crippen LogP contribution in [-0.2, 0) is 19.4 Å². The molecule has 3 N–H and O–H groups in total. The summed E-state index contributed by atoms with van der Waals surface area (Å²) in [6.45, 7) is 11.6. The summed E-state index contributed by atoms with van der Waals surface area (Å²) < 4.78 is 0. The van der Waals surface area contributed by atoms with Gasteiger partial charge >= 0.3 is 0 Å². The molecule has 0 aliphatic carbocycles. The Morgan fingerprint density at radius 3 is 2.15 bits per heavy atom. The largest absolute Gasteiger partial charge is 0.389 e. The molecule has 1 heterocycles. The second kappa shape index (κ2) is 6.99. The van der Waals surface area contributed by atoms with Gasteiger partial charge in [-0.3, -0.25) is 0 Å². The molecule has 0 atom stereocenters. The summed E-state index contributed by atoms with van der Waals surface area (Å²) in [5, 5.41) is 18.8. The zero-order valence-corrected chi connectivity index (χ0v) is 13.4. The second-order valence-corrected chi connectivity index (χ2v) is 5.67. The van der Waals surface area contributed by atoms with Crippen molar-refractivity contribution < 1.29 is 5.11 Å². The van der Waals surface area contributed by atoms with Gasteiger partial charge in [0.25, 0.3) is 0 Å². The van der Waals surface area contributed by atoms with Crippen LogP contribution in [0.15, 0.2) is 0 Å². The van der Waals surface area contributed by atoms with Gasteiger partial charge in [-0.15, -0.1) is 5.10 Å². The number of aromatic nitrogens is 2. The predicted octanol–water partition coefficient (Wildman–Crippen LogP) is 1.66. The molecule has 0 fully saturated rings. The molecule has 0 unspecified atom stereocenters. The monoisotopic (exact) mass is 280 g/mol. The molecule has 0 amide bonds. The minimum atomic E-state index is -0.778. The smallest absolute Gasteiger partial charge is 0.156 e. The quantitative estimate of drug-likeness (QED) is 0.794. The maximum Gasteiger partial charge on any atom is 0.156 e. The molecule has 0 saturated carbocycles. The molecule has 0 saturated heterocycles. The summed E-state index contributed by atoms with van der Waals surface area (Å²) >= 11 is 0. The lowest BCUT2D eigenvalue weighted by molar-refractivity contribution is 0.0873. The molecule has 5 heteroatoms. The van der Waals surface area contributed by atoms with Gasteiger partial charge < -0.3 is 15.7 Å². The lowest BCUT2D eigenvalue weighted by Crippen LogP contribution is -2.40. The van der Waals surface area contributed by atoms with Gasteiger partial charge in [-0.2, -0.15) is 5.10 Å². The minimum Gasteiger partial charge on any atom is -0.389 e. The Hall–Kier alpha value is -1.20. The van der Waals surface area contributed by atoms with Gasteiger partial charge in [-0.05, 0) is 39.2 Å². The molecule has 0 bridgehead atoms. The number of aryl methyl sites for hydroxylation is 1. The van der Waals surface area contributed by atoms with Crippen molar-refractivity contribution in [2.45, 2.75) is 59.6 Å². The number of aliphatic hydroxyl groups is 1. The highest BCUT2D eigenvalue weighted by Crippen LogP contribution is 2.24. The van der Waals surface area contributed by atoms with Gasteiger partial charge in [0.2, 0.25) is 0 Å². The van der Waals surface area contributed by atoms with E-state index in [4.69, 9.17) is 5.73 Å². The molecular weight excluding hydrogens is 252 g/mol. The third-order valence-corrected chi connectivity index (χ3v) is 3.40. The van der Waals surface area contributed by atoms with Crippen molar-refractivity contribution in [3.63, 3.8) is 0 Å². The Bertz CT molecular complexity index is 440. The van der Waals surface area contributed by atoms with E-state index in [0.717, 1.165) is 36.5 Å². The van der Waals surface area contributed by atoms with Gasteiger partial charge in [0.05, 0.1) is 11.3 Å². The first kappa shape index (κ1) is 16.9. The van der Waals surface area contributed by atoms with Gasteiger partial charge in [0.15, 0.2) is 5.82 Å². The second-order valence-electron chi connectivity index (χ2n) is 5.67. The van der Waals surface area contributed by atoms with E-state index in [9.17, 15) is 5.11 Å². The number of hydrogen-bond donors (Lipinski definition) is 2. The van der Waals surface area contributed by atoms with Crippen LogP contribution in [0.25, 0.3) is 0 Å². The SMILES string of the molecule is CCc1nnc(N(CC)CC(C)(C)O)c(CN)c1CC. The van der Waals surface area contributed by atoms with E-state index < -0.39 is 5.60 Å². The summed E-state index contributed by atoms with van der Waals surface area (Å²) in [5.74, 6) is 0.811. The molecule has 1 aromatic rings. The Morgan fingerprint density at radius 1 is 1.10 bits per heavy atom. The highest BCUT2D eigenvalue weighted by molar-refractivity contribution is 5.51. The maximum atomic E-state index is 10.1. The molecule has 1 aromatic heterocycles. The van der Waals surface area contributed by atoms with Crippen LogP contribution in [0.2, 0.25) is 0 Å². The fourth-order valence-corrected chi connectivity index (χ4v) is 2.51. The summed E-state index contributed by atoms with van der Waals surface area (Å²) in [5.41, 5.74) is 8.46. The van der Waals surface area contributed by atoms with Crippen molar-refractivity contribution in [2.75, 3.05) is 18.0 Å². The van der Waals surface area contributed by atoms with Crippen LogP contribution in [0.5, 0.6) is 0 Å². The average molecular weight is 280 g/mol. The Labute approximate surface area is 122 Å². The van der Waals surface area contributed by atoms with Gasteiger partial charge in [-0.25, -0.2) is 0 Å². The van der Waals surface area contributed by atoms with Crippen molar-refractivity contribution in [3.8, 4) is 0 Å². The summed E-state index contributed by atoms with van der Waals surface area (Å²) in [4.78, 5) is 2.05. The summed E-state index contributed by atoms with van der Waals surface area (Å²) in [6, 6.07) is 0. The molecule has 0 spiro atoms. The number of anilines is 1. The van der Waals surface area contributed by atoms with Crippen molar-refractivity contribution in [2.24, 2.45) is 5.73 Å². The molecular formula is C15H28N4O. The van der Waals surface area contributed by atoms with Crippen molar-refractivity contribution in [3.05, 3.63) is 16.8 Å². The molecule has 0 aliphatic rings. The number of nitrogens with two attached hydrogens (primary N) is 1. The van der Waals surface area contributed by atoms with Crippen molar-refractivity contribution in [1.29, 1.82) is 0 Å². The molecule has 0 radical (unpaired) electrons. The number of rotatable bonds is 7. The van der Waals surface area contributed by atoms with Crippen LogP contribution >= 0.6 is 0 Å². The zero-order valence-electron chi connectivity index (χ0n) is 13.4.